The average Bonchev–Trinajstić information content (AvgIpc) is 2.62. The van der Waals surface area contributed by atoms with E-state index in [-0.39, 0.29) is 36.7 Å². The lowest BCUT2D eigenvalue weighted by Gasteiger charge is -2.19. The van der Waals surface area contributed by atoms with Crippen LogP contribution in [0.25, 0.3) is 0 Å². The molecule has 0 aliphatic heterocycles. The summed E-state index contributed by atoms with van der Waals surface area (Å²) in [4.78, 5) is 27.9. The number of nitrogens with zero attached hydrogens (tertiary/aromatic N) is 1. The van der Waals surface area contributed by atoms with Gasteiger partial charge in [-0.1, -0.05) is 37.3 Å². The van der Waals surface area contributed by atoms with Gasteiger partial charge >= 0.3 is 0 Å². The van der Waals surface area contributed by atoms with Gasteiger partial charge in [-0.2, -0.15) is 0 Å². The number of amides is 2. The molecule has 0 fully saturated rings. The van der Waals surface area contributed by atoms with Gasteiger partial charge in [0, 0.05) is 37.1 Å². The van der Waals surface area contributed by atoms with Crippen LogP contribution in [0.15, 0.2) is 54.9 Å². The van der Waals surface area contributed by atoms with E-state index in [9.17, 15) is 9.59 Å². The highest BCUT2D eigenvalue weighted by Gasteiger charge is 2.21. The first-order chi connectivity index (χ1) is 11.6. The standard InChI is InChI=1S/C18H22N4O2/c1-13(17(19)14-5-3-2-4-6-14)18(24)21-12-9-16(23)22-15-7-10-20-11-8-15/h2-8,10-11,13,17H,9,12,19H2,1H3,(H,21,24)(H,20,22,23). The molecule has 2 aromatic rings. The summed E-state index contributed by atoms with van der Waals surface area (Å²) in [5, 5.41) is 5.50. The molecule has 0 aliphatic rings. The van der Waals surface area contributed by atoms with E-state index in [1.165, 1.54) is 0 Å². The van der Waals surface area contributed by atoms with Crippen LogP contribution in [-0.2, 0) is 9.59 Å². The number of hydrogen-bond acceptors (Lipinski definition) is 4. The van der Waals surface area contributed by atoms with Gasteiger partial charge in [-0.15, -0.1) is 0 Å². The zero-order valence-electron chi connectivity index (χ0n) is 13.6. The lowest BCUT2D eigenvalue weighted by molar-refractivity contribution is -0.125. The van der Waals surface area contributed by atoms with Crippen LogP contribution < -0.4 is 16.4 Å². The average molecular weight is 326 g/mol. The SMILES string of the molecule is CC(C(=O)NCCC(=O)Nc1ccncc1)C(N)c1ccccc1. The van der Waals surface area contributed by atoms with E-state index in [0.29, 0.717) is 5.69 Å². The van der Waals surface area contributed by atoms with Crippen molar-refractivity contribution in [2.24, 2.45) is 11.7 Å². The highest BCUT2D eigenvalue weighted by molar-refractivity contribution is 5.91. The zero-order valence-corrected chi connectivity index (χ0v) is 13.6. The minimum atomic E-state index is -0.379. The largest absolute Gasteiger partial charge is 0.355 e. The van der Waals surface area contributed by atoms with Crippen molar-refractivity contribution < 1.29 is 9.59 Å². The summed E-state index contributed by atoms with van der Waals surface area (Å²) >= 11 is 0. The number of carbonyl (C=O) groups excluding carboxylic acids is 2. The van der Waals surface area contributed by atoms with E-state index >= 15 is 0 Å². The number of pyridine rings is 1. The predicted octanol–water partition coefficient (Wildman–Crippen LogP) is 1.86. The van der Waals surface area contributed by atoms with Crippen LogP contribution in [0.2, 0.25) is 0 Å². The number of nitrogens with one attached hydrogen (secondary N) is 2. The number of hydrogen-bond donors (Lipinski definition) is 3. The molecule has 4 N–H and O–H groups in total. The van der Waals surface area contributed by atoms with Crippen molar-refractivity contribution >= 4 is 17.5 Å². The van der Waals surface area contributed by atoms with E-state index in [1.54, 1.807) is 31.5 Å². The van der Waals surface area contributed by atoms with Crippen LogP contribution in [0.5, 0.6) is 0 Å². The summed E-state index contributed by atoms with van der Waals surface area (Å²) < 4.78 is 0. The molecule has 0 spiro atoms. The highest BCUT2D eigenvalue weighted by atomic mass is 16.2. The summed E-state index contributed by atoms with van der Waals surface area (Å²) in [6.45, 7) is 2.05. The fraction of sp³-hybridized carbons (Fsp3) is 0.278. The molecule has 24 heavy (non-hydrogen) atoms. The highest BCUT2D eigenvalue weighted by Crippen LogP contribution is 2.18. The number of rotatable bonds is 7. The van der Waals surface area contributed by atoms with Crippen LogP contribution in [-0.4, -0.2) is 23.3 Å². The summed E-state index contributed by atoms with van der Waals surface area (Å²) in [6, 6.07) is 12.5. The molecule has 2 unspecified atom stereocenters. The van der Waals surface area contributed by atoms with Crippen LogP contribution >= 0.6 is 0 Å². The third-order valence-electron chi connectivity index (χ3n) is 3.75. The molecule has 126 valence electrons. The number of aromatic nitrogens is 1. The zero-order chi connectivity index (χ0) is 17.4. The normalized spacial score (nSPS) is 12.9. The number of carbonyl (C=O) groups is 2. The molecular formula is C18H22N4O2. The summed E-state index contributed by atoms with van der Waals surface area (Å²) in [7, 11) is 0. The third-order valence-corrected chi connectivity index (χ3v) is 3.75. The van der Waals surface area contributed by atoms with Crippen molar-refractivity contribution in [3.63, 3.8) is 0 Å². The first-order valence-corrected chi connectivity index (χ1v) is 7.86. The Morgan fingerprint density at radius 3 is 2.46 bits per heavy atom. The van der Waals surface area contributed by atoms with Crippen molar-refractivity contribution in [2.75, 3.05) is 11.9 Å². The van der Waals surface area contributed by atoms with Gasteiger partial charge < -0.3 is 16.4 Å². The van der Waals surface area contributed by atoms with Gasteiger partial charge in [-0.3, -0.25) is 14.6 Å². The molecule has 1 heterocycles. The third kappa shape index (κ3) is 5.17. The molecule has 1 aromatic heterocycles. The van der Waals surface area contributed by atoms with Crippen LogP contribution in [0.4, 0.5) is 5.69 Å². The number of benzene rings is 1. The van der Waals surface area contributed by atoms with Crippen molar-refractivity contribution in [3.05, 3.63) is 60.4 Å². The van der Waals surface area contributed by atoms with Gasteiger partial charge in [0.2, 0.25) is 11.8 Å². The Balaban J connectivity index is 1.75. The van der Waals surface area contributed by atoms with Crippen LogP contribution in [0.3, 0.4) is 0 Å². The molecule has 6 nitrogen and oxygen atoms in total. The summed E-state index contributed by atoms with van der Waals surface area (Å²) in [6.07, 6.45) is 3.40. The topological polar surface area (TPSA) is 97.1 Å². The Labute approximate surface area is 141 Å². The minimum Gasteiger partial charge on any atom is -0.355 e. The molecule has 0 bridgehead atoms. The lowest BCUT2D eigenvalue weighted by Crippen LogP contribution is -2.36. The van der Waals surface area contributed by atoms with Gasteiger partial charge in [0.25, 0.3) is 0 Å². The monoisotopic (exact) mass is 326 g/mol. The van der Waals surface area contributed by atoms with E-state index in [0.717, 1.165) is 5.56 Å². The second kappa shape index (κ2) is 8.79. The summed E-state index contributed by atoms with van der Waals surface area (Å²) in [5.41, 5.74) is 7.72. The first-order valence-electron chi connectivity index (χ1n) is 7.86. The van der Waals surface area contributed by atoms with E-state index in [4.69, 9.17) is 5.73 Å². The van der Waals surface area contributed by atoms with Gasteiger partial charge in [-0.05, 0) is 17.7 Å². The molecule has 6 heteroatoms. The van der Waals surface area contributed by atoms with Gasteiger partial charge in [-0.25, -0.2) is 0 Å². The Morgan fingerprint density at radius 2 is 1.79 bits per heavy atom. The van der Waals surface area contributed by atoms with Crippen molar-refractivity contribution in [3.8, 4) is 0 Å². The van der Waals surface area contributed by atoms with Crippen LogP contribution in [0, 0.1) is 5.92 Å². The van der Waals surface area contributed by atoms with Gasteiger partial charge in [0.1, 0.15) is 0 Å². The van der Waals surface area contributed by atoms with Crippen molar-refractivity contribution in [1.82, 2.24) is 10.3 Å². The first kappa shape index (κ1) is 17.6. The molecule has 2 amide bonds. The van der Waals surface area contributed by atoms with Gasteiger partial charge in [0.15, 0.2) is 0 Å². The molecular weight excluding hydrogens is 304 g/mol. The number of nitrogens with two attached hydrogens (primary N) is 1. The molecule has 1 aromatic carbocycles. The van der Waals surface area contributed by atoms with E-state index in [1.807, 2.05) is 30.3 Å². The predicted molar refractivity (Wildman–Crippen MR) is 93.0 cm³/mol. The maximum absolute atomic E-state index is 12.2. The van der Waals surface area contributed by atoms with Crippen LogP contribution in [0.1, 0.15) is 24.9 Å². The Hall–Kier alpha value is -2.73. The van der Waals surface area contributed by atoms with E-state index < -0.39 is 0 Å². The van der Waals surface area contributed by atoms with Crippen molar-refractivity contribution in [1.29, 1.82) is 0 Å². The Morgan fingerprint density at radius 1 is 1.12 bits per heavy atom. The molecule has 2 atom stereocenters. The Kier molecular flexibility index (Phi) is 6.45. The maximum atomic E-state index is 12.2. The fourth-order valence-corrected chi connectivity index (χ4v) is 2.25. The lowest BCUT2D eigenvalue weighted by atomic mass is 9.95. The maximum Gasteiger partial charge on any atom is 0.226 e. The quantitative estimate of drug-likeness (QED) is 0.723. The smallest absolute Gasteiger partial charge is 0.226 e. The van der Waals surface area contributed by atoms with Gasteiger partial charge in [0.05, 0.1) is 5.92 Å². The van der Waals surface area contributed by atoms with E-state index in [2.05, 4.69) is 15.6 Å². The second-order valence-corrected chi connectivity index (χ2v) is 5.55. The Bertz CT molecular complexity index is 661. The minimum absolute atomic E-state index is 0.164. The second-order valence-electron chi connectivity index (χ2n) is 5.55. The molecule has 0 aliphatic carbocycles. The summed E-state index contributed by atoms with van der Waals surface area (Å²) in [5.74, 6) is -0.708. The molecule has 0 saturated carbocycles. The number of anilines is 1. The molecule has 2 rings (SSSR count). The molecule has 0 radical (unpaired) electrons. The van der Waals surface area contributed by atoms with Crippen molar-refractivity contribution in [2.45, 2.75) is 19.4 Å². The fourth-order valence-electron chi connectivity index (χ4n) is 2.25. The molecule has 0 saturated heterocycles.